The highest BCUT2D eigenvalue weighted by Gasteiger charge is 2.15. The number of unbranched alkanes of at least 4 members (excludes halogenated alkanes) is 2. The number of hydrogen-bond acceptors (Lipinski definition) is 6. The van der Waals surface area contributed by atoms with E-state index in [-0.39, 0.29) is 5.78 Å². The molecule has 33 heavy (non-hydrogen) atoms. The van der Waals surface area contributed by atoms with E-state index in [9.17, 15) is 4.79 Å². The van der Waals surface area contributed by atoms with Crippen LogP contribution in [0.2, 0.25) is 0 Å². The van der Waals surface area contributed by atoms with Crippen LogP contribution in [-0.4, -0.2) is 47.0 Å². The predicted octanol–water partition coefficient (Wildman–Crippen LogP) is 5.39. The molecular weight excluding hydrogens is 412 g/mol. The number of hydrogen-bond donors (Lipinski definition) is 2. The maximum atomic E-state index is 11.6. The molecule has 0 spiro atoms. The zero-order valence-corrected chi connectivity index (χ0v) is 20.5. The summed E-state index contributed by atoms with van der Waals surface area (Å²) in [5.41, 5.74) is 3.40. The number of Topliss-reactive ketones (excluding diaryl/α,β-unsaturated/α-hetero) is 1. The number of imidazole rings is 1. The third-order valence-electron chi connectivity index (χ3n) is 5.82. The summed E-state index contributed by atoms with van der Waals surface area (Å²) in [6.45, 7) is 9.82. The van der Waals surface area contributed by atoms with Gasteiger partial charge in [0, 0.05) is 30.9 Å². The molecular formula is C26H38N6O. The summed E-state index contributed by atoms with van der Waals surface area (Å²) in [5, 5.41) is 6.66. The topological polar surface area (TPSA) is 75.1 Å². The first kappa shape index (κ1) is 24.7. The molecule has 0 unspecified atom stereocenters. The van der Waals surface area contributed by atoms with Crippen molar-refractivity contribution < 1.29 is 4.79 Å². The lowest BCUT2D eigenvalue weighted by Gasteiger charge is -2.23. The van der Waals surface area contributed by atoms with E-state index in [1.807, 2.05) is 31.3 Å². The largest absolute Gasteiger partial charge is 0.357 e. The van der Waals surface area contributed by atoms with E-state index in [0.29, 0.717) is 5.56 Å². The van der Waals surface area contributed by atoms with Crippen LogP contribution in [0.25, 0.3) is 11.2 Å². The van der Waals surface area contributed by atoms with Crippen molar-refractivity contribution in [2.75, 3.05) is 36.9 Å². The number of carbonyl (C=O) groups is 1. The molecule has 1 aromatic carbocycles. The Bertz CT molecular complexity index is 1020. The second-order valence-electron chi connectivity index (χ2n) is 8.51. The Morgan fingerprint density at radius 3 is 2.27 bits per heavy atom. The van der Waals surface area contributed by atoms with Crippen LogP contribution in [0.1, 0.15) is 63.2 Å². The van der Waals surface area contributed by atoms with Crippen LogP contribution >= 0.6 is 0 Å². The van der Waals surface area contributed by atoms with Gasteiger partial charge in [-0.1, -0.05) is 26.7 Å². The Morgan fingerprint density at radius 1 is 0.970 bits per heavy atom. The van der Waals surface area contributed by atoms with Gasteiger partial charge in [-0.3, -0.25) is 9.36 Å². The molecule has 0 saturated heterocycles. The molecule has 0 saturated carbocycles. The van der Waals surface area contributed by atoms with E-state index >= 15 is 0 Å². The molecule has 3 rings (SSSR count). The SMILES string of the molecule is CCCCN(CCCC)c1ccc2nc(Nc3ccc(C(C)=O)cc3)n(CCCNC)c2n1. The lowest BCUT2D eigenvalue weighted by Crippen LogP contribution is -2.26. The van der Waals surface area contributed by atoms with Crippen LogP contribution in [0.4, 0.5) is 17.5 Å². The van der Waals surface area contributed by atoms with Crippen molar-refractivity contribution in [3.05, 3.63) is 42.0 Å². The molecule has 178 valence electrons. The molecule has 7 nitrogen and oxygen atoms in total. The van der Waals surface area contributed by atoms with Gasteiger partial charge in [-0.05, 0) is 76.2 Å². The molecule has 0 fully saturated rings. The van der Waals surface area contributed by atoms with Crippen molar-refractivity contribution >= 4 is 34.4 Å². The van der Waals surface area contributed by atoms with Crippen LogP contribution < -0.4 is 15.5 Å². The number of aromatic nitrogens is 3. The van der Waals surface area contributed by atoms with Gasteiger partial charge in [-0.15, -0.1) is 0 Å². The van der Waals surface area contributed by atoms with Crippen molar-refractivity contribution in [1.82, 2.24) is 19.9 Å². The number of nitrogens with one attached hydrogen (secondary N) is 2. The summed E-state index contributed by atoms with van der Waals surface area (Å²) < 4.78 is 2.17. The zero-order valence-electron chi connectivity index (χ0n) is 20.5. The molecule has 3 aromatic rings. The maximum absolute atomic E-state index is 11.6. The summed E-state index contributed by atoms with van der Waals surface area (Å²) in [5.74, 6) is 1.86. The lowest BCUT2D eigenvalue weighted by atomic mass is 10.1. The van der Waals surface area contributed by atoms with Gasteiger partial charge in [0.1, 0.15) is 11.3 Å². The number of carbonyl (C=O) groups excluding carboxylic acids is 1. The zero-order chi connectivity index (χ0) is 23.6. The maximum Gasteiger partial charge on any atom is 0.209 e. The number of benzene rings is 1. The highest BCUT2D eigenvalue weighted by molar-refractivity contribution is 5.94. The van der Waals surface area contributed by atoms with Crippen LogP contribution in [0, 0.1) is 0 Å². The van der Waals surface area contributed by atoms with Gasteiger partial charge in [-0.25, -0.2) is 9.97 Å². The minimum atomic E-state index is 0.0632. The molecule has 0 bridgehead atoms. The average molecular weight is 451 g/mol. The fourth-order valence-electron chi connectivity index (χ4n) is 3.85. The summed E-state index contributed by atoms with van der Waals surface area (Å²) in [6.07, 6.45) is 5.63. The highest BCUT2D eigenvalue weighted by Crippen LogP contribution is 2.25. The van der Waals surface area contributed by atoms with E-state index < -0.39 is 0 Å². The summed E-state index contributed by atoms with van der Waals surface area (Å²) in [4.78, 5) is 23.9. The van der Waals surface area contributed by atoms with Crippen LogP contribution in [0.3, 0.4) is 0 Å². The fourth-order valence-corrected chi connectivity index (χ4v) is 3.85. The number of aryl methyl sites for hydroxylation is 1. The molecule has 0 atom stereocenters. The van der Waals surface area contributed by atoms with Gasteiger partial charge in [0.05, 0.1) is 0 Å². The van der Waals surface area contributed by atoms with E-state index in [2.05, 4.69) is 46.1 Å². The highest BCUT2D eigenvalue weighted by atomic mass is 16.1. The Balaban J connectivity index is 1.95. The predicted molar refractivity (Wildman–Crippen MR) is 138 cm³/mol. The molecule has 2 N–H and O–H groups in total. The van der Waals surface area contributed by atoms with Crippen molar-refractivity contribution in [3.63, 3.8) is 0 Å². The first-order chi connectivity index (χ1) is 16.1. The smallest absolute Gasteiger partial charge is 0.209 e. The van der Waals surface area contributed by atoms with E-state index in [1.54, 1.807) is 6.92 Å². The van der Waals surface area contributed by atoms with Gasteiger partial charge >= 0.3 is 0 Å². The monoisotopic (exact) mass is 450 g/mol. The van der Waals surface area contributed by atoms with Gasteiger partial charge in [-0.2, -0.15) is 0 Å². The molecule has 2 heterocycles. The quantitative estimate of drug-likeness (QED) is 0.253. The Kier molecular flexibility index (Phi) is 9.24. The van der Waals surface area contributed by atoms with Crippen LogP contribution in [0.15, 0.2) is 36.4 Å². The molecule has 0 aliphatic rings. The van der Waals surface area contributed by atoms with Crippen molar-refractivity contribution in [1.29, 1.82) is 0 Å². The molecule has 0 amide bonds. The first-order valence-corrected chi connectivity index (χ1v) is 12.2. The average Bonchev–Trinajstić information content (AvgIpc) is 3.16. The number of fused-ring (bicyclic) bond motifs is 1. The molecule has 7 heteroatoms. The number of ketones is 1. The number of pyridine rings is 1. The van der Waals surface area contributed by atoms with Gasteiger partial charge in [0.25, 0.3) is 0 Å². The summed E-state index contributed by atoms with van der Waals surface area (Å²) in [7, 11) is 1.97. The number of nitrogens with zero attached hydrogens (tertiary/aromatic N) is 4. The Labute approximate surface area is 197 Å². The van der Waals surface area contributed by atoms with Gasteiger partial charge in [0.2, 0.25) is 5.95 Å². The van der Waals surface area contributed by atoms with Gasteiger partial charge < -0.3 is 15.5 Å². The number of rotatable bonds is 14. The van der Waals surface area contributed by atoms with Crippen molar-refractivity contribution in [2.45, 2.75) is 59.4 Å². The van der Waals surface area contributed by atoms with E-state index in [1.165, 1.54) is 12.8 Å². The van der Waals surface area contributed by atoms with Crippen molar-refractivity contribution in [2.24, 2.45) is 0 Å². The van der Waals surface area contributed by atoms with Crippen molar-refractivity contribution in [3.8, 4) is 0 Å². The normalized spacial score (nSPS) is 11.2. The Morgan fingerprint density at radius 2 is 1.67 bits per heavy atom. The second kappa shape index (κ2) is 12.3. The summed E-state index contributed by atoms with van der Waals surface area (Å²) in [6, 6.07) is 11.7. The van der Waals surface area contributed by atoms with E-state index in [0.717, 1.165) is 74.1 Å². The molecule has 0 aliphatic carbocycles. The molecule has 2 aromatic heterocycles. The van der Waals surface area contributed by atoms with Crippen LogP contribution in [0.5, 0.6) is 0 Å². The third-order valence-corrected chi connectivity index (χ3v) is 5.82. The second-order valence-corrected chi connectivity index (χ2v) is 8.51. The number of anilines is 3. The fraction of sp³-hybridized carbons (Fsp3) is 0.500. The van der Waals surface area contributed by atoms with E-state index in [4.69, 9.17) is 9.97 Å². The van der Waals surface area contributed by atoms with Gasteiger partial charge in [0.15, 0.2) is 11.4 Å². The molecule has 0 radical (unpaired) electrons. The Hall–Kier alpha value is -2.93. The third kappa shape index (κ3) is 6.54. The standard InChI is InChI=1S/C26H38N6O/c1-5-7-17-31(18-8-6-2)24-15-14-23-25(30-24)32(19-9-16-27-4)26(29-23)28-22-12-10-21(11-13-22)20(3)33/h10-15,27H,5-9,16-19H2,1-4H3,(H,28,29). The lowest BCUT2D eigenvalue weighted by molar-refractivity contribution is 0.101. The minimum Gasteiger partial charge on any atom is -0.357 e. The summed E-state index contributed by atoms with van der Waals surface area (Å²) >= 11 is 0. The molecule has 0 aliphatic heterocycles. The minimum absolute atomic E-state index is 0.0632. The van der Waals surface area contributed by atoms with Crippen LogP contribution in [-0.2, 0) is 6.54 Å². The first-order valence-electron chi connectivity index (χ1n) is 12.2.